The van der Waals surface area contributed by atoms with Crippen molar-refractivity contribution in [2.45, 2.75) is 46.9 Å². The van der Waals surface area contributed by atoms with Crippen LogP contribution >= 0.6 is 0 Å². The molecule has 8 nitrogen and oxygen atoms in total. The lowest BCUT2D eigenvalue weighted by Gasteiger charge is -2.04. The van der Waals surface area contributed by atoms with Gasteiger partial charge in [-0.25, -0.2) is 14.2 Å². The highest BCUT2D eigenvalue weighted by atomic mass is 32.2. The molecule has 0 aliphatic rings. The van der Waals surface area contributed by atoms with Gasteiger partial charge in [0.15, 0.2) is 6.67 Å². The van der Waals surface area contributed by atoms with Gasteiger partial charge < -0.3 is 4.18 Å². The van der Waals surface area contributed by atoms with E-state index >= 15 is 0 Å². The lowest BCUT2D eigenvalue weighted by Crippen LogP contribution is -2.98. The van der Waals surface area contributed by atoms with E-state index < -0.39 is 11.1 Å². The van der Waals surface area contributed by atoms with Crippen LogP contribution in [0.2, 0.25) is 0 Å². The first-order chi connectivity index (χ1) is 16.0. The Morgan fingerprint density at radius 2 is 1.21 bits per heavy atom. The Bertz CT molecular complexity index is 817. The Morgan fingerprint density at radius 1 is 0.765 bits per heavy atom. The molecule has 1 unspecified atom stereocenters. The fourth-order valence-electron chi connectivity index (χ4n) is 2.56. The zero-order valence-electron chi connectivity index (χ0n) is 20.5. The Morgan fingerprint density at radius 3 is 1.62 bits per heavy atom. The molecule has 0 saturated heterocycles. The van der Waals surface area contributed by atoms with E-state index in [9.17, 15) is 4.21 Å². The minimum Gasteiger partial charge on any atom is -0.397 e. The molecule has 2 aromatic carbocycles. The topological polar surface area (TPSA) is 102 Å². The van der Waals surface area contributed by atoms with Crippen molar-refractivity contribution in [1.82, 2.24) is 21.3 Å². The van der Waals surface area contributed by atoms with Crippen molar-refractivity contribution < 1.29 is 18.4 Å². The first-order valence-corrected chi connectivity index (χ1v) is 12.5. The predicted molar refractivity (Wildman–Crippen MR) is 143 cm³/mol. The fourth-order valence-corrected chi connectivity index (χ4v) is 3.33. The summed E-state index contributed by atoms with van der Waals surface area (Å²) in [5.74, 6) is 2.53. The minimum absolute atomic E-state index is 0. The molecule has 2 aromatic rings. The highest BCUT2D eigenvalue weighted by Gasteiger charge is 2.05. The van der Waals surface area contributed by atoms with Gasteiger partial charge in [-0.15, -0.1) is 0 Å². The van der Waals surface area contributed by atoms with Crippen LogP contribution in [0.25, 0.3) is 0 Å². The van der Waals surface area contributed by atoms with Crippen molar-refractivity contribution in [2.75, 3.05) is 32.8 Å². The molecule has 0 saturated carbocycles. The van der Waals surface area contributed by atoms with Gasteiger partial charge in [0.05, 0.1) is 31.1 Å². The summed E-state index contributed by atoms with van der Waals surface area (Å²) in [6.07, 6.45) is 0. The van der Waals surface area contributed by atoms with E-state index in [1.54, 1.807) is 12.1 Å². The van der Waals surface area contributed by atoms with E-state index in [4.69, 9.17) is 4.18 Å². The molecule has 190 valence electrons. The van der Waals surface area contributed by atoms with Crippen LogP contribution in [0.15, 0.2) is 59.5 Å². The van der Waals surface area contributed by atoms with Crippen LogP contribution in [-0.4, -0.2) is 49.0 Å². The smallest absolute Gasteiger partial charge is 0.345 e. The van der Waals surface area contributed by atoms with Crippen molar-refractivity contribution in [3.63, 3.8) is 0 Å². The van der Waals surface area contributed by atoms with Crippen LogP contribution in [-0.2, 0) is 11.1 Å². The molecule has 0 aromatic heterocycles. The quantitative estimate of drug-likeness (QED) is 0.167. The summed E-state index contributed by atoms with van der Waals surface area (Å²) < 4.78 is 17.1. The Kier molecular flexibility index (Phi) is 17.7. The lowest BCUT2D eigenvalue weighted by molar-refractivity contribution is -0.683. The van der Waals surface area contributed by atoms with E-state index in [-0.39, 0.29) is 7.43 Å². The van der Waals surface area contributed by atoms with Crippen molar-refractivity contribution in [1.29, 1.82) is 0 Å². The molecular formula is C25H44N6O2S+2. The predicted octanol–water partition coefficient (Wildman–Crippen LogP) is -0.0122. The summed E-state index contributed by atoms with van der Waals surface area (Å²) in [4.78, 5) is 7.17. The third kappa shape index (κ3) is 13.5. The van der Waals surface area contributed by atoms with Gasteiger partial charge in [0.25, 0.3) is 0 Å². The van der Waals surface area contributed by atoms with E-state index in [1.807, 2.05) is 49.4 Å². The second-order valence-corrected chi connectivity index (χ2v) is 7.95. The summed E-state index contributed by atoms with van der Waals surface area (Å²) in [5, 5.41) is 12.9. The van der Waals surface area contributed by atoms with Gasteiger partial charge in [0, 0.05) is 0 Å². The molecule has 9 heteroatoms. The molecule has 34 heavy (non-hydrogen) atoms. The maximum absolute atomic E-state index is 11.8. The highest BCUT2D eigenvalue weighted by Crippen LogP contribution is 2.15. The van der Waals surface area contributed by atoms with Gasteiger partial charge in [-0.05, 0) is 58.9 Å². The molecule has 0 radical (unpaired) electrons. The third-order valence-corrected chi connectivity index (χ3v) is 5.07. The zero-order chi connectivity index (χ0) is 24.3. The van der Waals surface area contributed by atoms with Crippen molar-refractivity contribution in [3.8, 4) is 5.75 Å². The van der Waals surface area contributed by atoms with Gasteiger partial charge in [-0.2, -0.15) is 0 Å². The SMILES string of the molecule is C.CCNC(NCC)=[NH+]C[NH+]=C(NCC)NCC.Cc1ccc(OS(=O)c2ccccc2)cc1. The molecule has 0 heterocycles. The average Bonchev–Trinajstić information content (AvgIpc) is 2.82. The van der Waals surface area contributed by atoms with Gasteiger partial charge in [0.1, 0.15) is 5.75 Å². The standard InChI is InChI=1S/C13H12O2S.C11H26N6.CH4/c1-11-7-9-12(10-8-11)15-16(14)13-5-3-2-4-6-13;1-5-12-10(13-6-2)16-9-17-11(14-7-3)15-8-4;/h2-10H,1H3;5-9H2,1-4H3,(H2,12,13,16)(H2,14,15,17);1H4/p+2. The molecule has 0 amide bonds. The summed E-state index contributed by atoms with van der Waals surface area (Å²) in [7, 11) is 0. The molecule has 0 aliphatic carbocycles. The molecule has 0 spiro atoms. The normalized spacial score (nSPS) is 10.3. The first-order valence-electron chi connectivity index (χ1n) is 11.4. The number of rotatable bonds is 9. The van der Waals surface area contributed by atoms with Crippen LogP contribution < -0.4 is 35.4 Å². The van der Waals surface area contributed by atoms with E-state index in [2.05, 4.69) is 58.9 Å². The lowest BCUT2D eigenvalue weighted by atomic mass is 10.2. The molecule has 6 N–H and O–H groups in total. The molecule has 0 fully saturated rings. The van der Waals surface area contributed by atoms with E-state index in [0.29, 0.717) is 17.3 Å². The summed E-state index contributed by atoms with van der Waals surface area (Å²) >= 11 is -1.44. The molecule has 1 atom stereocenters. The minimum atomic E-state index is -1.44. The van der Waals surface area contributed by atoms with Gasteiger partial charge in [0.2, 0.25) is 11.1 Å². The second-order valence-electron chi connectivity index (χ2n) is 6.85. The maximum Gasteiger partial charge on any atom is 0.345 e. The maximum atomic E-state index is 11.8. The van der Waals surface area contributed by atoms with E-state index in [1.165, 1.54) is 0 Å². The van der Waals surface area contributed by atoms with Gasteiger partial charge in [-0.3, -0.25) is 21.3 Å². The van der Waals surface area contributed by atoms with Crippen LogP contribution in [0.3, 0.4) is 0 Å². The molecule has 0 bridgehead atoms. The fraction of sp³-hybridized carbons (Fsp3) is 0.440. The Balaban J connectivity index is 0.000000622. The molecule has 0 aliphatic heterocycles. The second kappa shape index (κ2) is 19.4. The number of nitrogens with one attached hydrogen (secondary N) is 6. The van der Waals surface area contributed by atoms with Crippen molar-refractivity contribution in [3.05, 3.63) is 60.2 Å². The van der Waals surface area contributed by atoms with Crippen LogP contribution in [0.5, 0.6) is 5.75 Å². The highest BCUT2D eigenvalue weighted by molar-refractivity contribution is 7.80. The summed E-state index contributed by atoms with van der Waals surface area (Å²) in [6, 6.07) is 16.6. The Labute approximate surface area is 208 Å². The summed E-state index contributed by atoms with van der Waals surface area (Å²) in [6.45, 7) is 14.5. The average molecular weight is 493 g/mol. The van der Waals surface area contributed by atoms with Crippen molar-refractivity contribution >= 4 is 23.0 Å². The van der Waals surface area contributed by atoms with Crippen molar-refractivity contribution in [2.24, 2.45) is 0 Å². The number of benzene rings is 2. The number of hydrogen-bond acceptors (Lipinski definition) is 2. The monoisotopic (exact) mass is 492 g/mol. The van der Waals surface area contributed by atoms with Gasteiger partial charge >= 0.3 is 11.9 Å². The third-order valence-electron chi connectivity index (χ3n) is 4.07. The van der Waals surface area contributed by atoms with E-state index in [0.717, 1.165) is 43.7 Å². The number of hydrogen-bond donors (Lipinski definition) is 6. The first kappa shape index (κ1) is 30.9. The number of aryl methyl sites for hydroxylation is 1. The summed E-state index contributed by atoms with van der Waals surface area (Å²) in [5.41, 5.74) is 1.15. The van der Waals surface area contributed by atoms with Crippen LogP contribution in [0, 0.1) is 6.92 Å². The number of guanidine groups is 2. The zero-order valence-corrected chi connectivity index (χ0v) is 21.3. The Hall–Kier alpha value is -3.07. The largest absolute Gasteiger partial charge is 0.397 e. The van der Waals surface area contributed by atoms with Crippen LogP contribution in [0.1, 0.15) is 40.7 Å². The van der Waals surface area contributed by atoms with Crippen LogP contribution in [0.4, 0.5) is 0 Å². The molecule has 2 rings (SSSR count). The van der Waals surface area contributed by atoms with Gasteiger partial charge in [-0.1, -0.05) is 43.3 Å². The molecular weight excluding hydrogens is 448 g/mol.